The summed E-state index contributed by atoms with van der Waals surface area (Å²) in [5.74, 6) is 1.53. The van der Waals surface area contributed by atoms with Gasteiger partial charge in [0.15, 0.2) is 17.3 Å². The van der Waals surface area contributed by atoms with Crippen LogP contribution in [-0.2, 0) is 0 Å². The minimum Gasteiger partial charge on any atom is -0.490 e. The summed E-state index contributed by atoms with van der Waals surface area (Å²) >= 11 is 11.7. The number of carbonyl (C=O) groups excluding carboxylic acids is 1. The third kappa shape index (κ3) is 4.59. The number of ketones is 1. The van der Waals surface area contributed by atoms with E-state index < -0.39 is 0 Å². The summed E-state index contributed by atoms with van der Waals surface area (Å²) in [5.41, 5.74) is 0.457. The highest BCUT2D eigenvalue weighted by Crippen LogP contribution is 2.34. The van der Waals surface area contributed by atoms with E-state index in [-0.39, 0.29) is 5.78 Å². The molecule has 0 radical (unpaired) electrons. The average Bonchev–Trinajstić information content (AvgIpc) is 2.39. The number of halogens is 2. The van der Waals surface area contributed by atoms with Crippen molar-refractivity contribution in [3.8, 4) is 11.5 Å². The Morgan fingerprint density at radius 1 is 1.16 bits per heavy atom. The SMILES string of the molecule is CCOc1cc(Cl)c(C(=O)CCCCl)cc1OCC. The van der Waals surface area contributed by atoms with Crippen molar-refractivity contribution in [3.05, 3.63) is 22.7 Å². The van der Waals surface area contributed by atoms with Crippen molar-refractivity contribution in [1.29, 1.82) is 0 Å². The molecule has 1 aromatic rings. The van der Waals surface area contributed by atoms with Crippen LogP contribution in [-0.4, -0.2) is 24.9 Å². The number of carbonyl (C=O) groups is 1. The predicted molar refractivity (Wildman–Crippen MR) is 78.1 cm³/mol. The Hall–Kier alpha value is -0.930. The summed E-state index contributed by atoms with van der Waals surface area (Å²) in [7, 11) is 0. The zero-order valence-electron chi connectivity index (χ0n) is 11.2. The van der Waals surface area contributed by atoms with Crippen LogP contribution >= 0.6 is 23.2 Å². The Morgan fingerprint density at radius 3 is 2.26 bits per heavy atom. The molecule has 0 atom stereocenters. The van der Waals surface area contributed by atoms with Crippen LogP contribution < -0.4 is 9.47 Å². The van der Waals surface area contributed by atoms with E-state index in [1.165, 1.54) is 0 Å². The molecule has 0 N–H and O–H groups in total. The van der Waals surface area contributed by atoms with Crippen molar-refractivity contribution in [3.63, 3.8) is 0 Å². The second-order valence-corrected chi connectivity index (χ2v) is 4.65. The molecule has 0 amide bonds. The van der Waals surface area contributed by atoms with Gasteiger partial charge in [-0.05, 0) is 26.3 Å². The van der Waals surface area contributed by atoms with Crippen LogP contribution in [0.15, 0.2) is 12.1 Å². The smallest absolute Gasteiger partial charge is 0.164 e. The molecular weight excluding hydrogens is 287 g/mol. The topological polar surface area (TPSA) is 35.5 Å². The number of rotatable bonds is 8. The monoisotopic (exact) mass is 304 g/mol. The Labute approximate surface area is 123 Å². The summed E-state index contributed by atoms with van der Waals surface area (Å²) in [6.45, 7) is 4.76. The molecule has 0 heterocycles. The predicted octanol–water partition coefficient (Wildman–Crippen LogP) is 4.34. The van der Waals surface area contributed by atoms with E-state index in [9.17, 15) is 4.79 Å². The van der Waals surface area contributed by atoms with Gasteiger partial charge in [0.1, 0.15) is 0 Å². The molecule has 0 aliphatic rings. The molecule has 0 spiro atoms. The maximum absolute atomic E-state index is 12.0. The lowest BCUT2D eigenvalue weighted by Gasteiger charge is -2.13. The van der Waals surface area contributed by atoms with E-state index in [4.69, 9.17) is 32.7 Å². The Balaban J connectivity index is 3.05. The molecule has 3 nitrogen and oxygen atoms in total. The first-order valence-electron chi connectivity index (χ1n) is 6.32. The lowest BCUT2D eigenvalue weighted by molar-refractivity contribution is 0.0981. The second-order valence-electron chi connectivity index (χ2n) is 3.86. The molecular formula is C14H18Cl2O3. The largest absolute Gasteiger partial charge is 0.490 e. The molecule has 0 aliphatic heterocycles. The number of hydrogen-bond acceptors (Lipinski definition) is 3. The van der Waals surface area contributed by atoms with Crippen LogP contribution in [0.25, 0.3) is 0 Å². The first-order valence-corrected chi connectivity index (χ1v) is 7.23. The van der Waals surface area contributed by atoms with Crippen molar-refractivity contribution in [2.45, 2.75) is 26.7 Å². The summed E-state index contributed by atoms with van der Waals surface area (Å²) < 4.78 is 10.9. The van der Waals surface area contributed by atoms with Gasteiger partial charge in [-0.2, -0.15) is 0 Å². The van der Waals surface area contributed by atoms with Crippen LogP contribution in [0.1, 0.15) is 37.0 Å². The molecule has 19 heavy (non-hydrogen) atoms. The first kappa shape index (κ1) is 16.1. The van der Waals surface area contributed by atoms with Crippen LogP contribution in [0.3, 0.4) is 0 Å². The van der Waals surface area contributed by atoms with Crippen LogP contribution in [0, 0.1) is 0 Å². The highest BCUT2D eigenvalue weighted by molar-refractivity contribution is 6.34. The van der Waals surface area contributed by atoms with Crippen molar-refractivity contribution in [1.82, 2.24) is 0 Å². The van der Waals surface area contributed by atoms with E-state index in [2.05, 4.69) is 0 Å². The van der Waals surface area contributed by atoms with Gasteiger partial charge < -0.3 is 9.47 Å². The molecule has 106 valence electrons. The van der Waals surface area contributed by atoms with Crippen molar-refractivity contribution < 1.29 is 14.3 Å². The number of benzene rings is 1. The minimum absolute atomic E-state index is 0.0327. The van der Waals surface area contributed by atoms with Gasteiger partial charge in [-0.25, -0.2) is 0 Å². The maximum Gasteiger partial charge on any atom is 0.164 e. The number of Topliss-reactive ketones (excluding diaryl/α,β-unsaturated/α-hetero) is 1. The summed E-state index contributed by atoms with van der Waals surface area (Å²) in [6.07, 6.45) is 1.01. The van der Waals surface area contributed by atoms with Crippen molar-refractivity contribution in [2.24, 2.45) is 0 Å². The molecule has 5 heteroatoms. The number of hydrogen-bond donors (Lipinski definition) is 0. The number of alkyl halides is 1. The zero-order chi connectivity index (χ0) is 14.3. The summed E-state index contributed by atoms with van der Waals surface area (Å²) in [4.78, 5) is 12.0. The minimum atomic E-state index is -0.0327. The molecule has 0 unspecified atom stereocenters. The molecule has 0 saturated carbocycles. The second kappa shape index (κ2) is 8.28. The normalized spacial score (nSPS) is 10.3. The molecule has 0 aliphatic carbocycles. The molecule has 0 fully saturated rings. The van der Waals surface area contributed by atoms with E-state index in [1.807, 2.05) is 13.8 Å². The van der Waals surface area contributed by atoms with Crippen molar-refractivity contribution in [2.75, 3.05) is 19.1 Å². The fourth-order valence-electron chi connectivity index (χ4n) is 1.65. The summed E-state index contributed by atoms with van der Waals surface area (Å²) in [6, 6.07) is 3.28. The third-order valence-corrected chi connectivity index (χ3v) is 3.05. The van der Waals surface area contributed by atoms with Gasteiger partial charge in [-0.3, -0.25) is 4.79 Å². The van der Waals surface area contributed by atoms with Gasteiger partial charge >= 0.3 is 0 Å². The van der Waals surface area contributed by atoms with Crippen LogP contribution in [0.4, 0.5) is 0 Å². The highest BCUT2D eigenvalue weighted by atomic mass is 35.5. The van der Waals surface area contributed by atoms with Gasteiger partial charge in [0, 0.05) is 23.9 Å². The van der Waals surface area contributed by atoms with Crippen LogP contribution in [0.2, 0.25) is 5.02 Å². The van der Waals surface area contributed by atoms with Crippen molar-refractivity contribution >= 4 is 29.0 Å². The Kier molecular flexibility index (Phi) is 7.03. The Bertz CT molecular complexity index is 433. The lowest BCUT2D eigenvalue weighted by Crippen LogP contribution is -2.04. The molecule has 1 rings (SSSR count). The summed E-state index contributed by atoms with van der Waals surface area (Å²) in [5, 5.41) is 0.381. The Morgan fingerprint density at radius 2 is 1.74 bits per heavy atom. The van der Waals surface area contributed by atoms with Crippen LogP contribution in [0.5, 0.6) is 11.5 Å². The highest BCUT2D eigenvalue weighted by Gasteiger charge is 2.16. The average molecular weight is 305 g/mol. The molecule has 0 saturated heterocycles. The van der Waals surface area contributed by atoms with Gasteiger partial charge in [0.2, 0.25) is 0 Å². The van der Waals surface area contributed by atoms with E-state index in [1.54, 1.807) is 12.1 Å². The van der Waals surface area contributed by atoms with Gasteiger partial charge in [-0.15, -0.1) is 11.6 Å². The standard InChI is InChI=1S/C14H18Cl2O3/c1-3-18-13-8-10(12(17)6-5-7-15)11(16)9-14(13)19-4-2/h8-9H,3-7H2,1-2H3. The van der Waals surface area contributed by atoms with E-state index in [0.717, 1.165) is 0 Å². The lowest BCUT2D eigenvalue weighted by atomic mass is 10.1. The van der Waals surface area contributed by atoms with Gasteiger partial charge in [0.25, 0.3) is 0 Å². The third-order valence-electron chi connectivity index (χ3n) is 2.47. The molecule has 0 bridgehead atoms. The quantitative estimate of drug-likeness (QED) is 0.529. The maximum atomic E-state index is 12.0. The van der Waals surface area contributed by atoms with E-state index >= 15 is 0 Å². The zero-order valence-corrected chi connectivity index (χ0v) is 12.7. The molecule has 0 aromatic heterocycles. The number of ether oxygens (including phenoxy) is 2. The molecule has 1 aromatic carbocycles. The first-order chi connectivity index (χ1) is 9.13. The fourth-order valence-corrected chi connectivity index (χ4v) is 2.04. The van der Waals surface area contributed by atoms with Gasteiger partial charge in [-0.1, -0.05) is 11.6 Å². The van der Waals surface area contributed by atoms with E-state index in [0.29, 0.717) is 54.0 Å². The fraction of sp³-hybridized carbons (Fsp3) is 0.500. The van der Waals surface area contributed by atoms with Gasteiger partial charge in [0.05, 0.1) is 18.2 Å².